The van der Waals surface area contributed by atoms with Crippen molar-refractivity contribution in [3.63, 3.8) is 0 Å². The van der Waals surface area contributed by atoms with Crippen LogP contribution in [0, 0.1) is 12.3 Å². The Morgan fingerprint density at radius 2 is 2.19 bits per heavy atom. The van der Waals surface area contributed by atoms with Gasteiger partial charge < -0.3 is 4.74 Å². The van der Waals surface area contributed by atoms with Gasteiger partial charge in [-0.15, -0.1) is 12.3 Å². The molecule has 3 heteroatoms. The normalized spacial score (nSPS) is 20.6. The molecule has 1 aliphatic carbocycles. The Kier molecular flexibility index (Phi) is 5.83. The molecule has 1 atom stereocenters. The number of hydrogen-bond donors (Lipinski definition) is 2. The first-order valence-electron chi connectivity index (χ1n) is 6.32. The zero-order valence-corrected chi connectivity index (χ0v) is 10.3. The number of ether oxygens (including phenoxy) is 1. The van der Waals surface area contributed by atoms with Crippen molar-refractivity contribution in [2.45, 2.75) is 63.5 Å². The van der Waals surface area contributed by atoms with E-state index in [2.05, 4.69) is 18.3 Å². The molecule has 0 aromatic rings. The molecule has 0 bridgehead atoms. The molecule has 0 aromatic carbocycles. The summed E-state index contributed by atoms with van der Waals surface area (Å²) in [5, 5.41) is 0. The average molecular weight is 224 g/mol. The van der Waals surface area contributed by atoms with Crippen molar-refractivity contribution < 1.29 is 4.74 Å². The van der Waals surface area contributed by atoms with Crippen LogP contribution in [-0.4, -0.2) is 18.2 Å². The summed E-state index contributed by atoms with van der Waals surface area (Å²) in [4.78, 5) is 0. The first kappa shape index (κ1) is 13.5. The van der Waals surface area contributed by atoms with E-state index in [1.807, 2.05) is 0 Å². The van der Waals surface area contributed by atoms with Gasteiger partial charge in [-0.3, -0.25) is 11.3 Å². The molecule has 0 aromatic heterocycles. The predicted molar refractivity (Wildman–Crippen MR) is 66.6 cm³/mol. The van der Waals surface area contributed by atoms with Crippen LogP contribution >= 0.6 is 0 Å². The zero-order valence-electron chi connectivity index (χ0n) is 10.3. The van der Waals surface area contributed by atoms with Crippen molar-refractivity contribution in [1.29, 1.82) is 0 Å². The van der Waals surface area contributed by atoms with Gasteiger partial charge in [0.05, 0.1) is 11.6 Å². The minimum atomic E-state index is -0.0436. The highest BCUT2D eigenvalue weighted by molar-refractivity contribution is 4.97. The molecule has 1 unspecified atom stereocenters. The maximum atomic E-state index is 5.98. The van der Waals surface area contributed by atoms with Gasteiger partial charge in [-0.2, -0.15) is 0 Å². The van der Waals surface area contributed by atoms with Crippen LogP contribution in [0.4, 0.5) is 0 Å². The van der Waals surface area contributed by atoms with Crippen LogP contribution in [0.3, 0.4) is 0 Å². The molecule has 1 aliphatic rings. The van der Waals surface area contributed by atoms with Gasteiger partial charge in [0, 0.05) is 13.0 Å². The summed E-state index contributed by atoms with van der Waals surface area (Å²) in [7, 11) is 0. The van der Waals surface area contributed by atoms with E-state index in [0.29, 0.717) is 0 Å². The number of nitrogens with one attached hydrogen (secondary N) is 1. The third kappa shape index (κ3) is 3.21. The van der Waals surface area contributed by atoms with Crippen molar-refractivity contribution >= 4 is 0 Å². The SMILES string of the molecule is C#CCCCC(NN)C1(OCC)CCCC1. The van der Waals surface area contributed by atoms with Gasteiger partial charge in [0.15, 0.2) is 0 Å². The summed E-state index contributed by atoms with van der Waals surface area (Å²) < 4.78 is 5.98. The molecule has 0 amide bonds. The van der Waals surface area contributed by atoms with Crippen LogP contribution in [-0.2, 0) is 4.74 Å². The van der Waals surface area contributed by atoms with Crippen molar-refractivity contribution in [2.24, 2.45) is 5.84 Å². The molecule has 1 fully saturated rings. The zero-order chi connectivity index (χ0) is 11.9. The van der Waals surface area contributed by atoms with Crippen molar-refractivity contribution in [3.05, 3.63) is 0 Å². The molecule has 0 aliphatic heterocycles. The lowest BCUT2D eigenvalue weighted by molar-refractivity contribution is -0.0635. The second-order valence-corrected chi connectivity index (χ2v) is 4.52. The summed E-state index contributed by atoms with van der Waals surface area (Å²) in [5.74, 6) is 8.34. The second kappa shape index (κ2) is 6.90. The van der Waals surface area contributed by atoms with E-state index >= 15 is 0 Å². The molecule has 16 heavy (non-hydrogen) atoms. The fourth-order valence-electron chi connectivity index (χ4n) is 2.76. The highest BCUT2D eigenvalue weighted by atomic mass is 16.5. The number of nitrogens with two attached hydrogens (primary N) is 1. The standard InChI is InChI=1S/C13H24N2O/c1-3-5-6-9-12(15-14)13(16-4-2)10-7-8-11-13/h1,12,15H,4-11,14H2,2H3. The summed E-state index contributed by atoms with van der Waals surface area (Å²) in [6.45, 7) is 2.81. The van der Waals surface area contributed by atoms with Gasteiger partial charge in [-0.05, 0) is 32.6 Å². The Morgan fingerprint density at radius 3 is 2.69 bits per heavy atom. The van der Waals surface area contributed by atoms with E-state index in [9.17, 15) is 0 Å². The predicted octanol–water partition coefficient (Wildman–Crippen LogP) is 1.97. The maximum Gasteiger partial charge on any atom is 0.0848 e. The molecule has 1 rings (SSSR count). The minimum absolute atomic E-state index is 0.0436. The van der Waals surface area contributed by atoms with Crippen LogP contribution in [0.2, 0.25) is 0 Å². The number of hydrazine groups is 1. The lowest BCUT2D eigenvalue weighted by atomic mass is 9.88. The van der Waals surface area contributed by atoms with E-state index in [1.54, 1.807) is 0 Å². The summed E-state index contributed by atoms with van der Waals surface area (Å²) in [6, 6.07) is 0.239. The van der Waals surface area contributed by atoms with Gasteiger partial charge in [0.1, 0.15) is 0 Å². The molecule has 3 N–H and O–H groups in total. The van der Waals surface area contributed by atoms with Gasteiger partial charge in [-0.1, -0.05) is 12.8 Å². The Bertz CT molecular complexity index is 229. The van der Waals surface area contributed by atoms with E-state index in [1.165, 1.54) is 12.8 Å². The van der Waals surface area contributed by atoms with Crippen LogP contribution in [0.1, 0.15) is 51.9 Å². The number of rotatable bonds is 7. The lowest BCUT2D eigenvalue weighted by Gasteiger charge is -2.37. The van der Waals surface area contributed by atoms with E-state index in [0.717, 1.165) is 38.7 Å². The Balaban J connectivity index is 2.55. The van der Waals surface area contributed by atoms with Crippen LogP contribution in [0.5, 0.6) is 0 Å². The molecule has 0 saturated heterocycles. The van der Waals surface area contributed by atoms with E-state index in [4.69, 9.17) is 17.0 Å². The monoisotopic (exact) mass is 224 g/mol. The van der Waals surface area contributed by atoms with Crippen molar-refractivity contribution in [1.82, 2.24) is 5.43 Å². The number of terminal acetylenes is 1. The van der Waals surface area contributed by atoms with E-state index < -0.39 is 0 Å². The molecular weight excluding hydrogens is 200 g/mol. The minimum Gasteiger partial charge on any atom is -0.374 e. The van der Waals surface area contributed by atoms with Gasteiger partial charge in [0.25, 0.3) is 0 Å². The van der Waals surface area contributed by atoms with Crippen molar-refractivity contribution in [2.75, 3.05) is 6.61 Å². The van der Waals surface area contributed by atoms with Crippen LogP contribution in [0.15, 0.2) is 0 Å². The lowest BCUT2D eigenvalue weighted by Crippen LogP contribution is -2.53. The highest BCUT2D eigenvalue weighted by Crippen LogP contribution is 2.37. The molecule has 0 spiro atoms. The molecule has 1 saturated carbocycles. The van der Waals surface area contributed by atoms with Gasteiger partial charge >= 0.3 is 0 Å². The summed E-state index contributed by atoms with van der Waals surface area (Å²) >= 11 is 0. The van der Waals surface area contributed by atoms with Gasteiger partial charge in [-0.25, -0.2) is 0 Å². The Labute approximate surface area is 99.1 Å². The first-order chi connectivity index (χ1) is 7.79. The smallest absolute Gasteiger partial charge is 0.0848 e. The average Bonchev–Trinajstić information content (AvgIpc) is 2.74. The largest absolute Gasteiger partial charge is 0.374 e. The fourth-order valence-corrected chi connectivity index (χ4v) is 2.76. The summed E-state index contributed by atoms with van der Waals surface area (Å²) in [6.07, 6.45) is 12.8. The second-order valence-electron chi connectivity index (χ2n) is 4.52. The number of unbranched alkanes of at least 4 members (excludes halogenated alkanes) is 1. The molecule has 92 valence electrons. The first-order valence-corrected chi connectivity index (χ1v) is 6.32. The third-order valence-electron chi connectivity index (χ3n) is 3.53. The third-order valence-corrected chi connectivity index (χ3v) is 3.53. The maximum absolute atomic E-state index is 5.98. The molecule has 0 heterocycles. The molecular formula is C13H24N2O. The van der Waals surface area contributed by atoms with Crippen LogP contribution in [0.25, 0.3) is 0 Å². The number of hydrogen-bond acceptors (Lipinski definition) is 3. The van der Waals surface area contributed by atoms with Gasteiger partial charge in [0.2, 0.25) is 0 Å². The Hall–Kier alpha value is -0.560. The summed E-state index contributed by atoms with van der Waals surface area (Å²) in [5.41, 5.74) is 2.89. The topological polar surface area (TPSA) is 47.3 Å². The van der Waals surface area contributed by atoms with Crippen molar-refractivity contribution in [3.8, 4) is 12.3 Å². The highest BCUT2D eigenvalue weighted by Gasteiger charge is 2.41. The van der Waals surface area contributed by atoms with E-state index in [-0.39, 0.29) is 11.6 Å². The fraction of sp³-hybridized carbons (Fsp3) is 0.846. The molecule has 0 radical (unpaired) electrons. The quantitative estimate of drug-likeness (QED) is 0.301. The molecule has 3 nitrogen and oxygen atoms in total. The Morgan fingerprint density at radius 1 is 1.50 bits per heavy atom. The van der Waals surface area contributed by atoms with Crippen LogP contribution < -0.4 is 11.3 Å².